The van der Waals surface area contributed by atoms with E-state index in [-0.39, 0.29) is 5.91 Å². The zero-order valence-corrected chi connectivity index (χ0v) is 15.7. The number of nitrogens with one attached hydrogen (secondary N) is 1. The molecule has 3 rings (SSSR count). The van der Waals surface area contributed by atoms with Crippen LogP contribution in [0.25, 0.3) is 0 Å². The normalized spacial score (nSPS) is 10.7. The molecule has 0 fully saturated rings. The lowest BCUT2D eigenvalue weighted by Gasteiger charge is -2.07. The molecule has 1 amide bonds. The SMILES string of the molecule is O=C(CSCc1cccc(Cl)c1)NCc1ccc(Cn2cncn2)cc1. The van der Waals surface area contributed by atoms with E-state index in [4.69, 9.17) is 11.6 Å². The molecule has 0 aliphatic carbocycles. The first-order chi connectivity index (χ1) is 12.7. The first kappa shape index (κ1) is 18.5. The van der Waals surface area contributed by atoms with E-state index in [1.54, 1.807) is 22.8 Å². The van der Waals surface area contributed by atoms with Gasteiger partial charge in [0.05, 0.1) is 12.3 Å². The van der Waals surface area contributed by atoms with Crippen LogP contribution < -0.4 is 5.32 Å². The molecular formula is C19H19ClN4OS. The van der Waals surface area contributed by atoms with Gasteiger partial charge in [-0.2, -0.15) is 5.10 Å². The molecule has 1 N–H and O–H groups in total. The predicted octanol–water partition coefficient (Wildman–Crippen LogP) is 3.53. The molecule has 0 bridgehead atoms. The third-order valence-corrected chi connectivity index (χ3v) is 4.95. The molecule has 0 unspecified atom stereocenters. The average molecular weight is 387 g/mol. The van der Waals surface area contributed by atoms with Crippen LogP contribution in [0.5, 0.6) is 0 Å². The Morgan fingerprint density at radius 1 is 1.12 bits per heavy atom. The number of aromatic nitrogens is 3. The summed E-state index contributed by atoms with van der Waals surface area (Å²) in [5, 5.41) is 7.76. The van der Waals surface area contributed by atoms with Crippen molar-refractivity contribution in [3.8, 4) is 0 Å². The molecule has 1 heterocycles. The van der Waals surface area contributed by atoms with Gasteiger partial charge >= 0.3 is 0 Å². The molecule has 26 heavy (non-hydrogen) atoms. The first-order valence-corrected chi connectivity index (χ1v) is 9.71. The molecule has 0 aliphatic rings. The standard InChI is InChI=1S/C19H19ClN4OS/c20-18-3-1-2-17(8-18)11-26-12-19(25)22-9-15-4-6-16(7-5-15)10-24-14-21-13-23-24/h1-8,13-14H,9-12H2,(H,22,25). The van der Waals surface area contributed by atoms with Gasteiger partial charge in [0, 0.05) is 17.3 Å². The Kier molecular flexibility index (Phi) is 6.68. The number of rotatable bonds is 8. The topological polar surface area (TPSA) is 59.8 Å². The fraction of sp³-hybridized carbons (Fsp3) is 0.211. The van der Waals surface area contributed by atoms with Gasteiger partial charge in [-0.1, -0.05) is 48.0 Å². The van der Waals surface area contributed by atoms with E-state index in [0.29, 0.717) is 18.8 Å². The third-order valence-electron chi connectivity index (χ3n) is 3.71. The highest BCUT2D eigenvalue weighted by atomic mass is 35.5. The van der Waals surface area contributed by atoms with E-state index in [1.807, 2.05) is 48.5 Å². The van der Waals surface area contributed by atoms with Crippen molar-refractivity contribution in [3.63, 3.8) is 0 Å². The van der Waals surface area contributed by atoms with Crippen LogP contribution in [0.2, 0.25) is 5.02 Å². The van der Waals surface area contributed by atoms with E-state index >= 15 is 0 Å². The number of hydrogen-bond donors (Lipinski definition) is 1. The van der Waals surface area contributed by atoms with Crippen LogP contribution in [0.15, 0.2) is 61.2 Å². The number of benzene rings is 2. The van der Waals surface area contributed by atoms with E-state index in [2.05, 4.69) is 15.4 Å². The number of nitrogens with zero attached hydrogens (tertiary/aromatic N) is 3. The van der Waals surface area contributed by atoms with Crippen molar-refractivity contribution in [1.29, 1.82) is 0 Å². The van der Waals surface area contributed by atoms with E-state index in [0.717, 1.165) is 27.5 Å². The average Bonchev–Trinajstić information content (AvgIpc) is 3.14. The van der Waals surface area contributed by atoms with Crippen molar-refractivity contribution in [1.82, 2.24) is 20.1 Å². The van der Waals surface area contributed by atoms with E-state index in [1.165, 1.54) is 6.33 Å². The second-order valence-electron chi connectivity index (χ2n) is 5.81. The van der Waals surface area contributed by atoms with Crippen molar-refractivity contribution >= 4 is 29.3 Å². The van der Waals surface area contributed by atoms with Crippen molar-refractivity contribution in [3.05, 3.63) is 82.9 Å². The molecule has 0 saturated heterocycles. The monoisotopic (exact) mass is 386 g/mol. The number of amides is 1. The number of carbonyl (C=O) groups is 1. The summed E-state index contributed by atoms with van der Waals surface area (Å²) in [6, 6.07) is 15.8. The van der Waals surface area contributed by atoms with Gasteiger partial charge in [0.25, 0.3) is 0 Å². The largest absolute Gasteiger partial charge is 0.351 e. The molecule has 134 valence electrons. The van der Waals surface area contributed by atoms with Crippen molar-refractivity contribution in [2.75, 3.05) is 5.75 Å². The highest BCUT2D eigenvalue weighted by Crippen LogP contribution is 2.16. The van der Waals surface area contributed by atoms with Gasteiger partial charge in [0.2, 0.25) is 5.91 Å². The Labute approximate surface area is 161 Å². The summed E-state index contributed by atoms with van der Waals surface area (Å²) >= 11 is 7.53. The maximum atomic E-state index is 12.0. The minimum absolute atomic E-state index is 0.0312. The summed E-state index contributed by atoms with van der Waals surface area (Å²) in [7, 11) is 0. The number of thioether (sulfide) groups is 1. The molecule has 3 aromatic rings. The second-order valence-corrected chi connectivity index (χ2v) is 7.23. The molecule has 5 nitrogen and oxygen atoms in total. The molecule has 0 aliphatic heterocycles. The lowest BCUT2D eigenvalue weighted by molar-refractivity contribution is -0.118. The molecule has 0 atom stereocenters. The van der Waals surface area contributed by atoms with E-state index in [9.17, 15) is 4.79 Å². The summed E-state index contributed by atoms with van der Waals surface area (Å²) in [6.45, 7) is 1.22. The van der Waals surface area contributed by atoms with Crippen LogP contribution in [0.3, 0.4) is 0 Å². The number of halogens is 1. The Morgan fingerprint density at radius 2 is 1.92 bits per heavy atom. The van der Waals surface area contributed by atoms with Gasteiger partial charge in [0.1, 0.15) is 12.7 Å². The molecule has 0 saturated carbocycles. The lowest BCUT2D eigenvalue weighted by atomic mass is 10.1. The maximum Gasteiger partial charge on any atom is 0.230 e. The van der Waals surface area contributed by atoms with Gasteiger partial charge in [-0.3, -0.25) is 4.79 Å². The first-order valence-electron chi connectivity index (χ1n) is 8.18. The van der Waals surface area contributed by atoms with Crippen molar-refractivity contribution in [2.24, 2.45) is 0 Å². The lowest BCUT2D eigenvalue weighted by Crippen LogP contribution is -2.24. The van der Waals surface area contributed by atoms with Crippen LogP contribution in [0.4, 0.5) is 0 Å². The molecule has 0 spiro atoms. The predicted molar refractivity (Wildman–Crippen MR) is 105 cm³/mol. The van der Waals surface area contributed by atoms with Crippen LogP contribution in [-0.4, -0.2) is 26.4 Å². The highest BCUT2D eigenvalue weighted by Gasteiger charge is 2.03. The van der Waals surface area contributed by atoms with Crippen molar-refractivity contribution in [2.45, 2.75) is 18.8 Å². The summed E-state index contributed by atoms with van der Waals surface area (Å²) in [5.41, 5.74) is 3.33. The molecule has 0 radical (unpaired) electrons. The fourth-order valence-electron chi connectivity index (χ4n) is 2.40. The Balaban J connectivity index is 1.38. The van der Waals surface area contributed by atoms with Crippen LogP contribution in [0.1, 0.15) is 16.7 Å². The second kappa shape index (κ2) is 9.40. The highest BCUT2D eigenvalue weighted by molar-refractivity contribution is 7.99. The minimum Gasteiger partial charge on any atom is -0.351 e. The van der Waals surface area contributed by atoms with Gasteiger partial charge in [-0.05, 0) is 28.8 Å². The molecule has 1 aromatic heterocycles. The summed E-state index contributed by atoms with van der Waals surface area (Å²) < 4.78 is 1.77. The Morgan fingerprint density at radius 3 is 2.65 bits per heavy atom. The Hall–Kier alpha value is -2.31. The van der Waals surface area contributed by atoms with Gasteiger partial charge < -0.3 is 5.32 Å². The van der Waals surface area contributed by atoms with Crippen LogP contribution in [-0.2, 0) is 23.6 Å². The third kappa shape index (κ3) is 5.89. The molecule has 2 aromatic carbocycles. The van der Waals surface area contributed by atoms with Gasteiger partial charge in [-0.15, -0.1) is 11.8 Å². The Bertz CT molecular complexity index is 837. The van der Waals surface area contributed by atoms with Crippen molar-refractivity contribution < 1.29 is 4.79 Å². The quantitative estimate of drug-likeness (QED) is 0.643. The van der Waals surface area contributed by atoms with Crippen LogP contribution in [0, 0.1) is 0 Å². The van der Waals surface area contributed by atoms with E-state index < -0.39 is 0 Å². The summed E-state index contributed by atoms with van der Waals surface area (Å²) in [4.78, 5) is 15.9. The minimum atomic E-state index is 0.0312. The van der Waals surface area contributed by atoms with Gasteiger partial charge in [0.15, 0.2) is 0 Å². The number of carbonyl (C=O) groups excluding carboxylic acids is 1. The van der Waals surface area contributed by atoms with Crippen LogP contribution >= 0.6 is 23.4 Å². The zero-order chi connectivity index (χ0) is 18.2. The van der Waals surface area contributed by atoms with Gasteiger partial charge in [-0.25, -0.2) is 9.67 Å². The maximum absolute atomic E-state index is 12.0. The number of hydrogen-bond acceptors (Lipinski definition) is 4. The fourth-order valence-corrected chi connectivity index (χ4v) is 3.42. The molecular weight excluding hydrogens is 368 g/mol. The summed E-state index contributed by atoms with van der Waals surface area (Å²) in [5.74, 6) is 1.23. The molecule has 7 heteroatoms. The smallest absolute Gasteiger partial charge is 0.230 e. The zero-order valence-electron chi connectivity index (χ0n) is 14.1. The summed E-state index contributed by atoms with van der Waals surface area (Å²) in [6.07, 6.45) is 3.21.